The van der Waals surface area contributed by atoms with Gasteiger partial charge in [0.25, 0.3) is 0 Å². The van der Waals surface area contributed by atoms with E-state index < -0.39 is 10.0 Å². The molecule has 1 atom stereocenters. The molecule has 8 heteroatoms. The van der Waals surface area contributed by atoms with Gasteiger partial charge >= 0.3 is 5.69 Å². The molecule has 0 aliphatic carbocycles. The predicted molar refractivity (Wildman–Crippen MR) is 93.4 cm³/mol. The average molecular weight is 359 g/mol. The molecule has 3 N–H and O–H groups in total. The highest BCUT2D eigenvalue weighted by Gasteiger charge is 2.23. The second kappa shape index (κ2) is 6.05. The third-order valence-electron chi connectivity index (χ3n) is 4.40. The molecule has 0 fully saturated rings. The Kier molecular flexibility index (Phi) is 3.85. The zero-order chi connectivity index (χ0) is 17.4. The second-order valence-electron chi connectivity index (χ2n) is 6.01. The Morgan fingerprint density at radius 2 is 1.92 bits per heavy atom. The number of hydrogen-bond acceptors (Lipinski definition) is 4. The molecule has 0 spiro atoms. The lowest BCUT2D eigenvalue weighted by atomic mass is 9.93. The molecule has 0 saturated heterocycles. The summed E-state index contributed by atoms with van der Waals surface area (Å²) in [7, 11) is -3.67. The molecule has 2 heterocycles. The van der Waals surface area contributed by atoms with Gasteiger partial charge in [-0.05, 0) is 36.2 Å². The zero-order valence-electron chi connectivity index (χ0n) is 13.3. The largest absolute Gasteiger partial charge is 0.493 e. The molecule has 1 unspecified atom stereocenters. The first-order chi connectivity index (χ1) is 12.0. The molecule has 3 aromatic rings. The van der Waals surface area contributed by atoms with Gasteiger partial charge in [0.2, 0.25) is 10.0 Å². The molecule has 0 saturated carbocycles. The summed E-state index contributed by atoms with van der Waals surface area (Å²) in [5, 5.41) is 0. The highest BCUT2D eigenvalue weighted by atomic mass is 32.2. The number of imidazole rings is 1. The lowest BCUT2D eigenvalue weighted by Gasteiger charge is -2.25. The Hall–Kier alpha value is -2.58. The average Bonchev–Trinajstić information content (AvgIpc) is 2.99. The summed E-state index contributed by atoms with van der Waals surface area (Å²) in [4.78, 5) is 16.6. The molecular weight excluding hydrogens is 342 g/mol. The van der Waals surface area contributed by atoms with Gasteiger partial charge < -0.3 is 14.7 Å². The van der Waals surface area contributed by atoms with Gasteiger partial charge in [-0.2, -0.15) is 0 Å². The van der Waals surface area contributed by atoms with Gasteiger partial charge in [-0.3, -0.25) is 0 Å². The minimum absolute atomic E-state index is 0.0653. The van der Waals surface area contributed by atoms with Crippen LogP contribution in [-0.2, 0) is 10.0 Å². The van der Waals surface area contributed by atoms with Gasteiger partial charge in [0, 0.05) is 12.5 Å². The number of aromatic nitrogens is 2. The van der Waals surface area contributed by atoms with Crippen molar-refractivity contribution in [2.24, 2.45) is 0 Å². The van der Waals surface area contributed by atoms with Crippen LogP contribution in [0.2, 0.25) is 0 Å². The summed E-state index contributed by atoms with van der Waals surface area (Å²) in [5.41, 5.74) is 1.68. The van der Waals surface area contributed by atoms with E-state index in [1.165, 1.54) is 12.1 Å². The molecule has 2 aromatic carbocycles. The predicted octanol–water partition coefficient (Wildman–Crippen LogP) is 1.70. The Bertz CT molecular complexity index is 1080. The van der Waals surface area contributed by atoms with E-state index in [1.807, 2.05) is 24.3 Å². The van der Waals surface area contributed by atoms with Crippen LogP contribution in [0.5, 0.6) is 5.75 Å². The van der Waals surface area contributed by atoms with E-state index in [2.05, 4.69) is 14.7 Å². The highest BCUT2D eigenvalue weighted by molar-refractivity contribution is 7.89. The third-order valence-corrected chi connectivity index (χ3v) is 5.82. The molecule has 1 aromatic heterocycles. The normalized spacial score (nSPS) is 17.2. The molecular formula is C17H17N3O4S. The summed E-state index contributed by atoms with van der Waals surface area (Å²) in [6.07, 6.45) is 0.754. The fourth-order valence-electron chi connectivity index (χ4n) is 3.10. The van der Waals surface area contributed by atoms with Crippen LogP contribution < -0.4 is 15.1 Å². The van der Waals surface area contributed by atoms with E-state index >= 15 is 0 Å². The quantitative estimate of drug-likeness (QED) is 0.659. The van der Waals surface area contributed by atoms with E-state index in [4.69, 9.17) is 4.74 Å². The molecule has 7 nitrogen and oxygen atoms in total. The smallest absolute Gasteiger partial charge is 0.323 e. The van der Waals surface area contributed by atoms with Crippen molar-refractivity contribution in [1.82, 2.24) is 14.7 Å². The van der Waals surface area contributed by atoms with Crippen LogP contribution in [0.3, 0.4) is 0 Å². The topological polar surface area (TPSA) is 104 Å². The number of rotatable bonds is 4. The van der Waals surface area contributed by atoms with Crippen LogP contribution in [-0.4, -0.2) is 31.5 Å². The van der Waals surface area contributed by atoms with Crippen molar-refractivity contribution in [3.05, 3.63) is 58.5 Å². The molecule has 1 aliphatic rings. The third kappa shape index (κ3) is 3.06. The lowest BCUT2D eigenvalue weighted by molar-refractivity contribution is 0.267. The van der Waals surface area contributed by atoms with Crippen molar-refractivity contribution in [1.29, 1.82) is 0 Å². The van der Waals surface area contributed by atoms with Gasteiger partial charge in [-0.25, -0.2) is 17.9 Å². The molecule has 0 radical (unpaired) electrons. The summed E-state index contributed by atoms with van der Waals surface area (Å²) in [6, 6.07) is 12.2. The van der Waals surface area contributed by atoms with Crippen LogP contribution in [0.4, 0.5) is 0 Å². The van der Waals surface area contributed by atoms with Crippen molar-refractivity contribution in [3.8, 4) is 5.75 Å². The van der Waals surface area contributed by atoms with Crippen molar-refractivity contribution < 1.29 is 13.2 Å². The molecule has 4 rings (SSSR count). The van der Waals surface area contributed by atoms with Crippen LogP contribution in [0, 0.1) is 0 Å². The minimum atomic E-state index is -3.67. The van der Waals surface area contributed by atoms with Crippen molar-refractivity contribution >= 4 is 21.1 Å². The van der Waals surface area contributed by atoms with Crippen molar-refractivity contribution in [3.63, 3.8) is 0 Å². The van der Waals surface area contributed by atoms with E-state index in [1.54, 1.807) is 6.07 Å². The van der Waals surface area contributed by atoms with Crippen LogP contribution in [0.15, 0.2) is 52.2 Å². The number of benzene rings is 2. The number of nitrogens with one attached hydrogen (secondary N) is 3. The Morgan fingerprint density at radius 3 is 2.80 bits per heavy atom. The Morgan fingerprint density at radius 1 is 1.12 bits per heavy atom. The summed E-state index contributed by atoms with van der Waals surface area (Å²) in [5.74, 6) is 0.875. The maximum atomic E-state index is 12.6. The number of para-hydroxylation sites is 1. The number of hydrogen-bond donors (Lipinski definition) is 3. The number of aromatic amines is 2. The summed E-state index contributed by atoms with van der Waals surface area (Å²) in [6.45, 7) is 0.865. The first kappa shape index (κ1) is 15.9. The Balaban J connectivity index is 1.56. The van der Waals surface area contributed by atoms with Gasteiger partial charge in [-0.1, -0.05) is 18.2 Å². The Labute approximate surface area is 144 Å². The molecule has 0 bridgehead atoms. The van der Waals surface area contributed by atoms with E-state index in [0.717, 1.165) is 17.7 Å². The number of sulfonamides is 1. The molecule has 25 heavy (non-hydrogen) atoms. The number of fused-ring (bicyclic) bond motifs is 2. The first-order valence-corrected chi connectivity index (χ1v) is 9.45. The minimum Gasteiger partial charge on any atom is -0.493 e. The standard InChI is InChI=1S/C17H17N3O4S/c21-17-19-14-6-5-12(9-15(14)20-17)25(22,23)18-10-11-7-8-24-16-4-2-1-3-13(11)16/h1-6,9,11,18H,7-8,10H2,(H2,19,20,21). The van der Waals surface area contributed by atoms with Crippen molar-refractivity contribution in [2.45, 2.75) is 17.2 Å². The maximum absolute atomic E-state index is 12.6. The SMILES string of the molecule is O=c1[nH]c2ccc(S(=O)(=O)NCC3CCOc4ccccc43)cc2[nH]1. The molecule has 130 valence electrons. The monoisotopic (exact) mass is 359 g/mol. The lowest BCUT2D eigenvalue weighted by Crippen LogP contribution is -2.30. The molecule has 1 aliphatic heterocycles. The van der Waals surface area contributed by atoms with E-state index in [-0.39, 0.29) is 16.5 Å². The van der Waals surface area contributed by atoms with Gasteiger partial charge in [0.1, 0.15) is 5.75 Å². The number of H-pyrrole nitrogens is 2. The number of ether oxygens (including phenoxy) is 1. The zero-order valence-corrected chi connectivity index (χ0v) is 14.1. The summed E-state index contributed by atoms with van der Waals surface area (Å²) < 4.78 is 33.5. The fourth-order valence-corrected chi connectivity index (χ4v) is 4.21. The molecule has 0 amide bonds. The van der Waals surface area contributed by atoms with Gasteiger partial charge in [0.05, 0.1) is 22.5 Å². The van der Waals surface area contributed by atoms with Crippen LogP contribution in [0.25, 0.3) is 11.0 Å². The maximum Gasteiger partial charge on any atom is 0.323 e. The highest BCUT2D eigenvalue weighted by Crippen LogP contribution is 2.33. The van der Waals surface area contributed by atoms with E-state index in [0.29, 0.717) is 24.2 Å². The van der Waals surface area contributed by atoms with Crippen LogP contribution in [0.1, 0.15) is 17.9 Å². The first-order valence-electron chi connectivity index (χ1n) is 7.96. The fraction of sp³-hybridized carbons (Fsp3) is 0.235. The van der Waals surface area contributed by atoms with Gasteiger partial charge in [-0.15, -0.1) is 0 Å². The summed E-state index contributed by atoms with van der Waals surface area (Å²) >= 11 is 0. The second-order valence-corrected chi connectivity index (χ2v) is 7.78. The van der Waals surface area contributed by atoms with Crippen LogP contribution >= 0.6 is 0 Å². The van der Waals surface area contributed by atoms with Crippen molar-refractivity contribution in [2.75, 3.05) is 13.2 Å². The van der Waals surface area contributed by atoms with Gasteiger partial charge in [0.15, 0.2) is 0 Å². The van der Waals surface area contributed by atoms with E-state index in [9.17, 15) is 13.2 Å².